The molecule has 1 atom stereocenters. The third kappa shape index (κ3) is 6.29. The van der Waals surface area contributed by atoms with Gasteiger partial charge in [0.1, 0.15) is 6.54 Å². The highest BCUT2D eigenvalue weighted by Gasteiger charge is 2.34. The van der Waals surface area contributed by atoms with Crippen molar-refractivity contribution in [1.82, 2.24) is 15.2 Å². The monoisotopic (exact) mass is 476 g/mol. The first kappa shape index (κ1) is 23.6. The van der Waals surface area contributed by atoms with E-state index in [1.165, 1.54) is 11.3 Å². The van der Waals surface area contributed by atoms with Crippen LogP contribution in [-0.4, -0.2) is 40.2 Å². The van der Waals surface area contributed by atoms with E-state index in [4.69, 9.17) is 0 Å². The van der Waals surface area contributed by atoms with Gasteiger partial charge in [0.25, 0.3) is 5.91 Å². The van der Waals surface area contributed by atoms with Crippen LogP contribution in [0.15, 0.2) is 60.0 Å². The highest BCUT2D eigenvalue weighted by atomic mass is 32.1. The molecule has 1 heterocycles. The Balaban J connectivity index is 1.30. The van der Waals surface area contributed by atoms with Crippen molar-refractivity contribution in [1.29, 1.82) is 0 Å². The molecule has 7 nitrogen and oxygen atoms in total. The second-order valence-corrected chi connectivity index (χ2v) is 9.46. The van der Waals surface area contributed by atoms with Gasteiger partial charge in [0.15, 0.2) is 5.13 Å². The summed E-state index contributed by atoms with van der Waals surface area (Å²) in [7, 11) is 0. The highest BCUT2D eigenvalue weighted by molar-refractivity contribution is 7.13. The largest absolute Gasteiger partial charge is 0.349 e. The van der Waals surface area contributed by atoms with Gasteiger partial charge in [-0.25, -0.2) is 4.98 Å². The van der Waals surface area contributed by atoms with Crippen molar-refractivity contribution < 1.29 is 14.4 Å². The minimum Gasteiger partial charge on any atom is -0.349 e. The van der Waals surface area contributed by atoms with E-state index < -0.39 is 0 Å². The number of anilines is 1. The number of hydrogen-bond donors (Lipinski definition) is 2. The molecular formula is C26H28N4O3S. The van der Waals surface area contributed by atoms with Crippen molar-refractivity contribution in [3.63, 3.8) is 0 Å². The normalized spacial score (nSPS) is 13.7. The molecule has 3 amide bonds. The summed E-state index contributed by atoms with van der Waals surface area (Å²) in [5.74, 6) is -0.569. The van der Waals surface area contributed by atoms with Gasteiger partial charge in [0, 0.05) is 17.0 Å². The summed E-state index contributed by atoms with van der Waals surface area (Å²) >= 11 is 1.27. The fourth-order valence-electron chi connectivity index (χ4n) is 3.66. The van der Waals surface area contributed by atoms with Crippen molar-refractivity contribution in [3.8, 4) is 0 Å². The van der Waals surface area contributed by atoms with Gasteiger partial charge in [0.2, 0.25) is 11.8 Å². The number of rotatable bonds is 9. The van der Waals surface area contributed by atoms with Crippen LogP contribution in [0.3, 0.4) is 0 Å². The number of aryl methyl sites for hydroxylation is 1. The van der Waals surface area contributed by atoms with Gasteiger partial charge in [-0.15, -0.1) is 11.3 Å². The van der Waals surface area contributed by atoms with Gasteiger partial charge in [-0.05, 0) is 44.4 Å². The molecule has 2 aromatic carbocycles. The molecule has 1 saturated carbocycles. The second-order valence-electron chi connectivity index (χ2n) is 8.60. The van der Waals surface area contributed by atoms with Gasteiger partial charge in [-0.2, -0.15) is 0 Å². The van der Waals surface area contributed by atoms with E-state index in [-0.39, 0.29) is 42.8 Å². The Morgan fingerprint density at radius 2 is 1.76 bits per heavy atom. The predicted molar refractivity (Wildman–Crippen MR) is 133 cm³/mol. The zero-order chi connectivity index (χ0) is 24.1. The minimum absolute atomic E-state index is 0.0264. The van der Waals surface area contributed by atoms with Gasteiger partial charge < -0.3 is 15.5 Å². The SMILES string of the molecule is Cc1ccc(C(=O)N(CC(=O)Nc2nc(CC(=O)NC(C)c3ccccc3)cs2)C2CC2)cc1. The van der Waals surface area contributed by atoms with Crippen LogP contribution in [0.5, 0.6) is 0 Å². The molecule has 1 aliphatic rings. The van der Waals surface area contributed by atoms with Gasteiger partial charge in [-0.1, -0.05) is 48.0 Å². The summed E-state index contributed by atoms with van der Waals surface area (Å²) in [5, 5.41) is 7.92. The van der Waals surface area contributed by atoms with E-state index in [1.54, 1.807) is 22.4 Å². The summed E-state index contributed by atoms with van der Waals surface area (Å²) < 4.78 is 0. The van der Waals surface area contributed by atoms with E-state index in [1.807, 2.05) is 56.3 Å². The van der Waals surface area contributed by atoms with Crippen LogP contribution >= 0.6 is 11.3 Å². The van der Waals surface area contributed by atoms with Crippen LogP contribution in [-0.2, 0) is 16.0 Å². The van der Waals surface area contributed by atoms with Crippen LogP contribution in [0.2, 0.25) is 0 Å². The average Bonchev–Trinajstić information content (AvgIpc) is 3.58. The molecule has 0 aliphatic heterocycles. The van der Waals surface area contributed by atoms with Crippen molar-refractivity contribution in [2.45, 2.75) is 45.2 Å². The molecule has 34 heavy (non-hydrogen) atoms. The maximum Gasteiger partial charge on any atom is 0.254 e. The van der Waals surface area contributed by atoms with Crippen molar-refractivity contribution in [2.24, 2.45) is 0 Å². The Kier molecular flexibility index (Phi) is 7.37. The molecule has 0 bridgehead atoms. The molecule has 0 saturated heterocycles. The first-order chi connectivity index (χ1) is 16.4. The topological polar surface area (TPSA) is 91.4 Å². The number of nitrogens with zero attached hydrogens (tertiary/aromatic N) is 2. The smallest absolute Gasteiger partial charge is 0.254 e. The first-order valence-corrected chi connectivity index (χ1v) is 12.2. The molecule has 1 aromatic heterocycles. The van der Waals surface area contributed by atoms with Crippen molar-refractivity contribution >= 4 is 34.2 Å². The van der Waals surface area contributed by atoms with E-state index in [0.29, 0.717) is 16.4 Å². The van der Waals surface area contributed by atoms with Crippen LogP contribution < -0.4 is 10.6 Å². The Morgan fingerprint density at radius 3 is 2.44 bits per heavy atom. The number of nitrogens with one attached hydrogen (secondary N) is 2. The summed E-state index contributed by atoms with van der Waals surface area (Å²) in [5.41, 5.74) is 3.28. The maximum absolute atomic E-state index is 12.9. The van der Waals surface area contributed by atoms with E-state index in [9.17, 15) is 14.4 Å². The second kappa shape index (κ2) is 10.6. The summed E-state index contributed by atoms with van der Waals surface area (Å²) in [6.45, 7) is 3.88. The van der Waals surface area contributed by atoms with Crippen LogP contribution in [0, 0.1) is 6.92 Å². The standard InChI is InChI=1S/C26H28N4O3S/c1-17-8-10-20(11-9-17)25(33)30(22-12-13-22)15-24(32)29-26-28-21(16-34-26)14-23(31)27-18(2)19-6-4-3-5-7-19/h3-11,16,18,22H,12-15H2,1-2H3,(H,27,31)(H,28,29,32). The van der Waals surface area contributed by atoms with Gasteiger partial charge in [-0.3, -0.25) is 14.4 Å². The maximum atomic E-state index is 12.9. The fraction of sp³-hybridized carbons (Fsp3) is 0.308. The van der Waals surface area contributed by atoms with Crippen molar-refractivity contribution in [3.05, 3.63) is 82.4 Å². The molecule has 1 fully saturated rings. The lowest BCUT2D eigenvalue weighted by Gasteiger charge is -2.21. The Labute approximate surface area is 203 Å². The molecule has 3 aromatic rings. The number of benzene rings is 2. The predicted octanol–water partition coefficient (Wildman–Crippen LogP) is 4.11. The summed E-state index contributed by atoms with van der Waals surface area (Å²) in [6, 6.07) is 17.1. The fourth-order valence-corrected chi connectivity index (χ4v) is 4.38. The molecule has 176 valence electrons. The molecule has 4 rings (SSSR count). The number of aromatic nitrogens is 1. The van der Waals surface area contributed by atoms with E-state index in [2.05, 4.69) is 15.6 Å². The number of thiazole rings is 1. The Bertz CT molecular complexity index is 1160. The highest BCUT2D eigenvalue weighted by Crippen LogP contribution is 2.28. The lowest BCUT2D eigenvalue weighted by Crippen LogP contribution is -2.39. The third-order valence-corrected chi connectivity index (χ3v) is 6.48. The molecule has 1 unspecified atom stereocenters. The lowest BCUT2D eigenvalue weighted by atomic mass is 10.1. The van der Waals surface area contributed by atoms with E-state index in [0.717, 1.165) is 24.0 Å². The molecule has 0 spiro atoms. The minimum atomic E-state index is -0.296. The van der Waals surface area contributed by atoms with Gasteiger partial charge >= 0.3 is 0 Å². The zero-order valence-electron chi connectivity index (χ0n) is 19.3. The number of carbonyl (C=O) groups is 3. The summed E-state index contributed by atoms with van der Waals surface area (Å²) in [6.07, 6.45) is 1.94. The summed E-state index contributed by atoms with van der Waals surface area (Å²) in [4.78, 5) is 44.0. The Morgan fingerprint density at radius 1 is 1.06 bits per heavy atom. The number of carbonyl (C=O) groups excluding carboxylic acids is 3. The average molecular weight is 477 g/mol. The lowest BCUT2D eigenvalue weighted by molar-refractivity contribution is -0.121. The van der Waals surface area contributed by atoms with Gasteiger partial charge in [0.05, 0.1) is 18.2 Å². The van der Waals surface area contributed by atoms with Crippen LogP contribution in [0.1, 0.15) is 53.0 Å². The molecular weight excluding hydrogens is 448 g/mol. The zero-order valence-corrected chi connectivity index (χ0v) is 20.1. The Hall–Kier alpha value is -3.52. The molecule has 0 radical (unpaired) electrons. The molecule has 8 heteroatoms. The van der Waals surface area contributed by atoms with E-state index >= 15 is 0 Å². The van der Waals surface area contributed by atoms with Crippen LogP contribution in [0.25, 0.3) is 0 Å². The first-order valence-electron chi connectivity index (χ1n) is 11.4. The molecule has 2 N–H and O–H groups in total. The van der Waals surface area contributed by atoms with Crippen molar-refractivity contribution in [2.75, 3.05) is 11.9 Å². The molecule has 1 aliphatic carbocycles. The quantitative estimate of drug-likeness (QED) is 0.486. The number of amides is 3. The third-order valence-electron chi connectivity index (χ3n) is 5.68. The number of hydrogen-bond acceptors (Lipinski definition) is 5. The van der Waals surface area contributed by atoms with Crippen LogP contribution in [0.4, 0.5) is 5.13 Å².